The van der Waals surface area contributed by atoms with Crippen LogP contribution in [0.3, 0.4) is 0 Å². The van der Waals surface area contributed by atoms with Crippen LogP contribution < -0.4 is 4.74 Å². The molecule has 1 aromatic heterocycles. The number of nitrogens with zero attached hydrogens (tertiary/aromatic N) is 1. The highest BCUT2D eigenvalue weighted by atomic mass is 16.5. The van der Waals surface area contributed by atoms with Gasteiger partial charge in [-0.3, -0.25) is 0 Å². The van der Waals surface area contributed by atoms with E-state index in [9.17, 15) is 0 Å². The van der Waals surface area contributed by atoms with E-state index in [2.05, 4.69) is 123 Å². The van der Waals surface area contributed by atoms with E-state index in [1.807, 2.05) is 12.2 Å². The molecule has 4 aromatic rings. The Morgan fingerprint density at radius 3 is 2.28 bits per heavy atom. The number of hydrogen-bond donors (Lipinski definition) is 0. The zero-order chi connectivity index (χ0) is 25.1. The highest BCUT2D eigenvalue weighted by molar-refractivity contribution is 5.95. The molecule has 1 heterocycles. The van der Waals surface area contributed by atoms with Gasteiger partial charge in [0.25, 0.3) is 0 Å². The van der Waals surface area contributed by atoms with Crippen LogP contribution in [-0.4, -0.2) is 10.2 Å². The summed E-state index contributed by atoms with van der Waals surface area (Å²) >= 11 is 0. The molecule has 0 radical (unpaired) electrons. The first-order valence-electron chi connectivity index (χ1n) is 12.7. The van der Waals surface area contributed by atoms with Crippen molar-refractivity contribution in [3.63, 3.8) is 0 Å². The van der Waals surface area contributed by atoms with Crippen LogP contribution in [0, 0.1) is 0 Å². The quantitative estimate of drug-likeness (QED) is 0.250. The number of aryl methyl sites for hydroxylation is 1. The lowest BCUT2D eigenvalue weighted by molar-refractivity contribution is 0.142. The maximum atomic E-state index is 6.32. The Balaban J connectivity index is 1.31. The molecule has 5 rings (SSSR count). The van der Waals surface area contributed by atoms with Crippen LogP contribution in [0.5, 0.6) is 5.75 Å². The van der Waals surface area contributed by atoms with Crippen molar-refractivity contribution in [1.82, 2.24) is 4.57 Å². The Kier molecular flexibility index (Phi) is 6.52. The lowest BCUT2D eigenvalue weighted by Gasteiger charge is -2.29. The summed E-state index contributed by atoms with van der Waals surface area (Å²) in [6.45, 7) is 12.4. The molecule has 1 unspecified atom stereocenters. The molecule has 0 bridgehead atoms. The number of para-hydroxylation sites is 1. The van der Waals surface area contributed by atoms with Gasteiger partial charge in [-0.05, 0) is 78.9 Å². The minimum Gasteiger partial charge on any atom is -0.483 e. The first-order chi connectivity index (χ1) is 17.5. The summed E-state index contributed by atoms with van der Waals surface area (Å²) in [5, 5.41) is 1.19. The molecule has 3 aromatic carbocycles. The molecular formula is C34H33NO. The van der Waals surface area contributed by atoms with Gasteiger partial charge in [0.05, 0.1) is 11.2 Å². The van der Waals surface area contributed by atoms with Crippen molar-refractivity contribution in [3.8, 4) is 11.4 Å². The third-order valence-corrected chi connectivity index (χ3v) is 7.05. The van der Waals surface area contributed by atoms with E-state index in [1.165, 1.54) is 22.1 Å². The molecule has 0 spiro atoms. The molecule has 36 heavy (non-hydrogen) atoms. The molecule has 0 saturated carbocycles. The number of fused-ring (bicyclic) bond motifs is 1. The second kappa shape index (κ2) is 9.91. The number of benzene rings is 3. The molecule has 0 fully saturated rings. The molecule has 1 atom stereocenters. The van der Waals surface area contributed by atoms with Crippen LogP contribution in [0.4, 0.5) is 0 Å². The van der Waals surface area contributed by atoms with Gasteiger partial charge in [-0.1, -0.05) is 80.8 Å². The van der Waals surface area contributed by atoms with Crippen LogP contribution in [0.1, 0.15) is 42.7 Å². The summed E-state index contributed by atoms with van der Waals surface area (Å²) < 4.78 is 8.59. The van der Waals surface area contributed by atoms with Crippen molar-refractivity contribution in [2.75, 3.05) is 0 Å². The molecule has 0 aliphatic heterocycles. The highest BCUT2D eigenvalue weighted by Gasteiger charge is 2.24. The Morgan fingerprint density at radius 1 is 0.917 bits per heavy atom. The molecule has 1 aliphatic rings. The van der Waals surface area contributed by atoms with Crippen LogP contribution in [0.15, 0.2) is 110 Å². The summed E-state index contributed by atoms with van der Waals surface area (Å²) in [5.41, 5.74) is 8.09. The van der Waals surface area contributed by atoms with Crippen LogP contribution in [0.2, 0.25) is 0 Å². The average Bonchev–Trinajstić information content (AvgIpc) is 3.24. The maximum absolute atomic E-state index is 6.32. The predicted molar refractivity (Wildman–Crippen MR) is 154 cm³/mol. The number of ether oxygens (including phenoxy) is 1. The van der Waals surface area contributed by atoms with Crippen LogP contribution >= 0.6 is 0 Å². The molecule has 0 N–H and O–H groups in total. The number of allylic oxidation sites excluding steroid dienone is 2. The van der Waals surface area contributed by atoms with Crippen LogP contribution in [0.25, 0.3) is 28.7 Å². The van der Waals surface area contributed by atoms with E-state index in [1.54, 1.807) is 0 Å². The van der Waals surface area contributed by atoms with Gasteiger partial charge in [0, 0.05) is 23.1 Å². The zero-order valence-electron chi connectivity index (χ0n) is 21.2. The fourth-order valence-electron chi connectivity index (χ4n) is 5.00. The minimum absolute atomic E-state index is 0.319. The topological polar surface area (TPSA) is 14.2 Å². The van der Waals surface area contributed by atoms with Crippen molar-refractivity contribution in [2.24, 2.45) is 0 Å². The van der Waals surface area contributed by atoms with Gasteiger partial charge in [-0.2, -0.15) is 0 Å². The zero-order valence-corrected chi connectivity index (χ0v) is 21.2. The normalized spacial score (nSPS) is 17.1. The SMILES string of the molecule is C=Cc1c(C=C)n(-c2ccc(CC3=CCC(C)(Oc4ccc(CC)cc4)C=C3)cc2)c2ccccc12. The summed E-state index contributed by atoms with van der Waals surface area (Å²) in [5.74, 6) is 0.919. The summed E-state index contributed by atoms with van der Waals surface area (Å²) in [6.07, 6.45) is 13.3. The molecule has 180 valence electrons. The first-order valence-corrected chi connectivity index (χ1v) is 12.7. The Bertz CT molecular complexity index is 1460. The van der Waals surface area contributed by atoms with Gasteiger partial charge in [0.2, 0.25) is 0 Å². The second-order valence-corrected chi connectivity index (χ2v) is 9.63. The number of aromatic nitrogens is 1. The maximum Gasteiger partial charge on any atom is 0.128 e. The van der Waals surface area contributed by atoms with Gasteiger partial charge in [-0.15, -0.1) is 0 Å². The van der Waals surface area contributed by atoms with E-state index in [0.717, 1.165) is 47.5 Å². The summed E-state index contributed by atoms with van der Waals surface area (Å²) in [7, 11) is 0. The average molecular weight is 472 g/mol. The molecular weight excluding hydrogens is 438 g/mol. The molecule has 2 heteroatoms. The van der Waals surface area contributed by atoms with Crippen LogP contribution in [-0.2, 0) is 12.8 Å². The predicted octanol–water partition coefficient (Wildman–Crippen LogP) is 8.75. The Morgan fingerprint density at radius 2 is 1.64 bits per heavy atom. The number of hydrogen-bond acceptors (Lipinski definition) is 1. The third-order valence-electron chi connectivity index (χ3n) is 7.05. The fourth-order valence-corrected chi connectivity index (χ4v) is 5.00. The molecule has 2 nitrogen and oxygen atoms in total. The van der Waals surface area contributed by atoms with Gasteiger partial charge < -0.3 is 9.30 Å². The van der Waals surface area contributed by atoms with Crippen molar-refractivity contribution >= 4 is 23.1 Å². The van der Waals surface area contributed by atoms with Gasteiger partial charge in [-0.25, -0.2) is 0 Å². The largest absolute Gasteiger partial charge is 0.483 e. The van der Waals surface area contributed by atoms with E-state index in [-0.39, 0.29) is 5.60 Å². The Labute approximate surface area is 214 Å². The standard InChI is InChI=1S/C34H33NO/c1-5-25-14-18-29(19-15-25)36-34(4)22-20-27(21-23-34)24-26-12-16-28(17-13-26)35-32(7-3)30(6-2)31-10-8-9-11-33(31)35/h6-22H,2-3,5,23-24H2,1,4H3. The van der Waals surface area contributed by atoms with Gasteiger partial charge in [0.1, 0.15) is 11.4 Å². The first kappa shape index (κ1) is 23.7. The second-order valence-electron chi connectivity index (χ2n) is 9.63. The minimum atomic E-state index is -0.319. The smallest absolute Gasteiger partial charge is 0.128 e. The highest BCUT2D eigenvalue weighted by Crippen LogP contribution is 2.32. The van der Waals surface area contributed by atoms with E-state index < -0.39 is 0 Å². The molecule has 0 amide bonds. The van der Waals surface area contributed by atoms with Crippen molar-refractivity contribution in [2.45, 2.75) is 38.7 Å². The fraction of sp³-hybridized carbons (Fsp3) is 0.176. The van der Waals surface area contributed by atoms with E-state index >= 15 is 0 Å². The van der Waals surface area contributed by atoms with Crippen molar-refractivity contribution < 1.29 is 4.74 Å². The lowest BCUT2D eigenvalue weighted by atomic mass is 9.91. The third kappa shape index (κ3) is 4.59. The molecule has 0 saturated heterocycles. The van der Waals surface area contributed by atoms with Crippen molar-refractivity contribution in [1.29, 1.82) is 0 Å². The molecule has 1 aliphatic carbocycles. The van der Waals surface area contributed by atoms with E-state index in [0.29, 0.717) is 0 Å². The van der Waals surface area contributed by atoms with Gasteiger partial charge >= 0.3 is 0 Å². The van der Waals surface area contributed by atoms with Crippen molar-refractivity contribution in [3.05, 3.63) is 132 Å². The monoisotopic (exact) mass is 471 g/mol. The lowest BCUT2D eigenvalue weighted by Crippen LogP contribution is -2.30. The summed E-state index contributed by atoms with van der Waals surface area (Å²) in [6, 6.07) is 25.7. The summed E-state index contributed by atoms with van der Waals surface area (Å²) in [4.78, 5) is 0. The number of rotatable bonds is 8. The van der Waals surface area contributed by atoms with E-state index in [4.69, 9.17) is 4.74 Å². The van der Waals surface area contributed by atoms with Gasteiger partial charge in [0.15, 0.2) is 0 Å². The Hall–Kier alpha value is -4.04.